The molecule has 0 spiro atoms. The van der Waals surface area contributed by atoms with Crippen molar-refractivity contribution in [3.63, 3.8) is 0 Å². The molecule has 0 bridgehead atoms. The van der Waals surface area contributed by atoms with E-state index in [4.69, 9.17) is 26.8 Å². The first kappa shape index (κ1) is 14.3. The Hall–Kier alpha value is -0.200. The zero-order chi connectivity index (χ0) is 9.82. The predicted octanol–water partition coefficient (Wildman–Crippen LogP) is -1.98. The van der Waals surface area contributed by atoms with Crippen LogP contribution in [-0.2, 0) is 0 Å². The number of nitrogens with two attached hydrogens (primary N) is 2. The minimum absolute atomic E-state index is 0.142. The Morgan fingerprint density at radius 2 is 1.50 bits per heavy atom. The number of hydrogen-bond acceptors (Lipinski definition) is 5. The average Bonchev–Trinajstić information content (AvgIpc) is 2.14. The van der Waals surface area contributed by atoms with E-state index in [1.54, 1.807) is 0 Å². The zero-order valence-corrected chi connectivity index (χ0v) is 7.32. The highest BCUT2D eigenvalue weighted by molar-refractivity contribution is 4.52. The normalized spacial score (nSPS) is 9.50. The first-order chi connectivity index (χ1) is 5.72. The van der Waals surface area contributed by atoms with Crippen molar-refractivity contribution in [3.05, 3.63) is 0 Å². The van der Waals surface area contributed by atoms with Gasteiger partial charge < -0.3 is 26.8 Å². The van der Waals surface area contributed by atoms with Crippen LogP contribution in [0.5, 0.6) is 0 Å². The first-order valence-electron chi connectivity index (χ1n) is 4.01. The largest absolute Gasteiger partial charge is 0.396 e. The molecule has 0 saturated heterocycles. The highest BCUT2D eigenvalue weighted by Gasteiger charge is 1.91. The van der Waals surface area contributed by atoms with E-state index in [0.717, 1.165) is 12.8 Å². The standard InChI is InChI=1S/C4H11NO.C3H9NO2/c5-3-1-2-4-6;4-3(1-5)2-6/h6H,1-5H2;3,5-6H,1-2,4H2. The van der Waals surface area contributed by atoms with E-state index in [-0.39, 0.29) is 19.8 Å². The van der Waals surface area contributed by atoms with E-state index < -0.39 is 6.04 Å². The number of unbranched alkanes of at least 4 members (excludes halogenated alkanes) is 1. The van der Waals surface area contributed by atoms with Crippen LogP contribution >= 0.6 is 0 Å². The van der Waals surface area contributed by atoms with Crippen LogP contribution in [0.3, 0.4) is 0 Å². The molecule has 5 heteroatoms. The second-order valence-electron chi connectivity index (χ2n) is 2.34. The summed E-state index contributed by atoms with van der Waals surface area (Å²) in [5.74, 6) is 0. The van der Waals surface area contributed by atoms with Gasteiger partial charge in [-0.15, -0.1) is 0 Å². The van der Waals surface area contributed by atoms with Crippen molar-refractivity contribution >= 4 is 0 Å². The maximum absolute atomic E-state index is 8.14. The van der Waals surface area contributed by atoms with Crippen molar-refractivity contribution in [2.24, 2.45) is 11.5 Å². The van der Waals surface area contributed by atoms with Gasteiger partial charge in [0.25, 0.3) is 0 Å². The lowest BCUT2D eigenvalue weighted by Crippen LogP contribution is -2.27. The number of aliphatic hydroxyl groups is 3. The average molecular weight is 180 g/mol. The lowest BCUT2D eigenvalue weighted by atomic mass is 10.3. The van der Waals surface area contributed by atoms with Crippen LogP contribution in [-0.4, -0.2) is 47.7 Å². The molecule has 0 aromatic rings. The van der Waals surface area contributed by atoms with E-state index >= 15 is 0 Å². The number of rotatable bonds is 5. The van der Waals surface area contributed by atoms with Gasteiger partial charge in [-0.05, 0) is 19.4 Å². The Morgan fingerprint density at radius 1 is 1.00 bits per heavy atom. The second-order valence-corrected chi connectivity index (χ2v) is 2.34. The lowest BCUT2D eigenvalue weighted by molar-refractivity contribution is 0.194. The molecule has 0 rings (SSSR count). The van der Waals surface area contributed by atoms with Crippen LogP contribution in [0.15, 0.2) is 0 Å². The van der Waals surface area contributed by atoms with Gasteiger partial charge in [0.15, 0.2) is 0 Å². The van der Waals surface area contributed by atoms with E-state index in [9.17, 15) is 0 Å². The van der Waals surface area contributed by atoms with Crippen LogP contribution in [0, 0.1) is 0 Å². The molecule has 0 aromatic carbocycles. The Labute approximate surface area is 73.0 Å². The molecule has 0 aliphatic carbocycles. The molecule has 0 aliphatic rings. The van der Waals surface area contributed by atoms with Crippen LogP contribution in [0.2, 0.25) is 0 Å². The summed E-state index contributed by atoms with van der Waals surface area (Å²) in [7, 11) is 0. The third-order valence-corrected chi connectivity index (χ3v) is 1.08. The van der Waals surface area contributed by atoms with Crippen molar-refractivity contribution in [2.45, 2.75) is 18.9 Å². The molecular weight excluding hydrogens is 160 g/mol. The van der Waals surface area contributed by atoms with Gasteiger partial charge in [0.05, 0.1) is 19.3 Å². The van der Waals surface area contributed by atoms with E-state index in [1.807, 2.05) is 0 Å². The Bertz CT molecular complexity index is 65.7. The lowest BCUT2D eigenvalue weighted by Gasteiger charge is -1.98. The molecule has 0 unspecified atom stereocenters. The van der Waals surface area contributed by atoms with E-state index in [1.165, 1.54) is 0 Å². The first-order valence-corrected chi connectivity index (χ1v) is 4.01. The summed E-state index contributed by atoms with van der Waals surface area (Å²) in [5.41, 5.74) is 10.1. The molecule has 0 saturated carbocycles. The minimum Gasteiger partial charge on any atom is -0.396 e. The molecule has 0 atom stereocenters. The van der Waals surface area contributed by atoms with Gasteiger partial charge in [-0.1, -0.05) is 0 Å². The molecule has 76 valence electrons. The van der Waals surface area contributed by atoms with Gasteiger partial charge >= 0.3 is 0 Å². The Morgan fingerprint density at radius 3 is 1.58 bits per heavy atom. The Kier molecular flexibility index (Phi) is 16.0. The third kappa shape index (κ3) is 16.4. The summed E-state index contributed by atoms with van der Waals surface area (Å²) >= 11 is 0. The monoisotopic (exact) mass is 180 g/mol. The van der Waals surface area contributed by atoms with Crippen LogP contribution in [0.1, 0.15) is 12.8 Å². The summed E-state index contributed by atoms with van der Waals surface area (Å²) in [6.45, 7) is 0.685. The molecule has 7 N–H and O–H groups in total. The van der Waals surface area contributed by atoms with Crippen molar-refractivity contribution in [3.8, 4) is 0 Å². The molecule has 5 nitrogen and oxygen atoms in total. The fourth-order valence-corrected chi connectivity index (χ4v) is 0.314. The molecule has 0 fully saturated rings. The number of aliphatic hydroxyl groups excluding tert-OH is 3. The fraction of sp³-hybridized carbons (Fsp3) is 1.00. The van der Waals surface area contributed by atoms with Gasteiger partial charge in [-0.2, -0.15) is 0 Å². The summed E-state index contributed by atoms with van der Waals surface area (Å²) in [6, 6.07) is -0.454. The van der Waals surface area contributed by atoms with Crippen LogP contribution in [0.4, 0.5) is 0 Å². The van der Waals surface area contributed by atoms with Crippen molar-refractivity contribution < 1.29 is 15.3 Å². The summed E-state index contributed by atoms with van der Waals surface area (Å²) in [4.78, 5) is 0. The molecule has 0 amide bonds. The molecule has 12 heavy (non-hydrogen) atoms. The van der Waals surface area contributed by atoms with Crippen molar-refractivity contribution in [1.29, 1.82) is 0 Å². The summed E-state index contributed by atoms with van der Waals surface area (Å²) in [6.07, 6.45) is 1.78. The molecule has 0 aromatic heterocycles. The zero-order valence-electron chi connectivity index (χ0n) is 7.32. The molecule has 0 radical (unpaired) electrons. The van der Waals surface area contributed by atoms with Crippen LogP contribution in [0.25, 0.3) is 0 Å². The van der Waals surface area contributed by atoms with E-state index in [2.05, 4.69) is 0 Å². The van der Waals surface area contributed by atoms with E-state index in [0.29, 0.717) is 6.54 Å². The SMILES string of the molecule is NC(CO)CO.NCCCCO. The quantitative estimate of drug-likeness (QED) is 0.315. The predicted molar refractivity (Wildman–Crippen MR) is 47.5 cm³/mol. The second kappa shape index (κ2) is 13.4. The summed E-state index contributed by atoms with van der Waals surface area (Å²) < 4.78 is 0. The third-order valence-electron chi connectivity index (χ3n) is 1.08. The molecule has 0 heterocycles. The smallest absolute Gasteiger partial charge is 0.0605 e. The minimum atomic E-state index is -0.454. The fourth-order valence-electron chi connectivity index (χ4n) is 0.314. The maximum Gasteiger partial charge on any atom is 0.0605 e. The van der Waals surface area contributed by atoms with Gasteiger partial charge in [0.1, 0.15) is 0 Å². The van der Waals surface area contributed by atoms with Gasteiger partial charge in [-0.3, -0.25) is 0 Å². The number of hydrogen-bond donors (Lipinski definition) is 5. The van der Waals surface area contributed by atoms with Crippen molar-refractivity contribution in [1.82, 2.24) is 0 Å². The highest BCUT2D eigenvalue weighted by Crippen LogP contribution is 1.79. The van der Waals surface area contributed by atoms with Gasteiger partial charge in [0, 0.05) is 6.61 Å². The summed E-state index contributed by atoms with van der Waals surface area (Å²) in [5, 5.41) is 24.2. The maximum atomic E-state index is 8.14. The van der Waals surface area contributed by atoms with Crippen LogP contribution < -0.4 is 11.5 Å². The molecule has 0 aliphatic heterocycles. The Balaban J connectivity index is 0. The van der Waals surface area contributed by atoms with Crippen molar-refractivity contribution in [2.75, 3.05) is 26.4 Å². The van der Waals surface area contributed by atoms with Gasteiger partial charge in [0.2, 0.25) is 0 Å². The topological polar surface area (TPSA) is 113 Å². The molecular formula is C7H20N2O3. The highest BCUT2D eigenvalue weighted by atomic mass is 16.3. The van der Waals surface area contributed by atoms with Gasteiger partial charge in [-0.25, -0.2) is 0 Å².